The summed E-state index contributed by atoms with van der Waals surface area (Å²) in [7, 11) is 0. The van der Waals surface area contributed by atoms with E-state index in [1.165, 1.54) is 29.2 Å². The van der Waals surface area contributed by atoms with Crippen molar-refractivity contribution in [2.24, 2.45) is 5.28 Å². The monoisotopic (exact) mass is 477 g/mol. The minimum absolute atomic E-state index is 0.0219. The number of piperazine rings is 1. The Morgan fingerprint density at radius 1 is 0.824 bits per heavy atom. The van der Waals surface area contributed by atoms with Gasteiger partial charge in [0.2, 0.25) is 11.0 Å². The zero-order valence-electron chi connectivity index (χ0n) is 17.1. The van der Waals surface area contributed by atoms with Crippen LogP contribution in [-0.2, 0) is 0 Å². The highest BCUT2D eigenvalue weighted by atomic mass is 16.7. The molecule has 0 unspecified atom stereocenters. The van der Waals surface area contributed by atoms with Crippen LogP contribution in [0.1, 0.15) is 0 Å². The van der Waals surface area contributed by atoms with Gasteiger partial charge in [0.1, 0.15) is 5.75 Å². The van der Waals surface area contributed by atoms with Gasteiger partial charge in [-0.2, -0.15) is 0 Å². The molecule has 17 nitrogen and oxygen atoms in total. The minimum Gasteiger partial charge on any atom is -0.569 e. The third-order valence-electron chi connectivity index (χ3n) is 4.57. The number of nitrogens with zero attached hydrogens (tertiary/aromatic N) is 7. The molecule has 17 heteroatoms. The van der Waals surface area contributed by atoms with E-state index >= 15 is 0 Å². The van der Waals surface area contributed by atoms with E-state index in [9.17, 15) is 40.3 Å². The number of hydrogen-bond donors (Lipinski definition) is 0. The van der Waals surface area contributed by atoms with Crippen LogP contribution in [0.15, 0.2) is 47.7 Å². The van der Waals surface area contributed by atoms with E-state index < -0.39 is 38.0 Å². The Labute approximate surface area is 189 Å². The van der Waals surface area contributed by atoms with E-state index in [2.05, 4.69) is 5.28 Å². The first-order chi connectivity index (χ1) is 16.2. The standard InChI is InChI=1S/C17H15N7O10/c25-17(33-14-4-1-12(2-5-14)21(26)27)19-7-9-20(10-8-19)24(32)18-34-16-6-3-13(22(28)29)11-15(16)23(30)31/h1-6,11H,7-10H2/b24-18-. The molecule has 1 amide bonds. The molecule has 1 saturated heterocycles. The second-order valence-electron chi connectivity index (χ2n) is 6.65. The maximum atomic E-state index is 12.2. The number of hydrazine groups is 1. The lowest BCUT2D eigenvalue weighted by Gasteiger charge is -2.30. The fourth-order valence-corrected chi connectivity index (χ4v) is 2.82. The van der Waals surface area contributed by atoms with Crippen molar-refractivity contribution in [3.05, 3.63) is 78.0 Å². The summed E-state index contributed by atoms with van der Waals surface area (Å²) in [6, 6.07) is 7.51. The van der Waals surface area contributed by atoms with Gasteiger partial charge >= 0.3 is 11.8 Å². The first kappa shape index (κ1) is 23.6. The predicted octanol–water partition coefficient (Wildman–Crippen LogP) is 2.40. The smallest absolute Gasteiger partial charge is 0.415 e. The summed E-state index contributed by atoms with van der Waals surface area (Å²) in [5, 5.41) is 49.1. The predicted molar refractivity (Wildman–Crippen MR) is 109 cm³/mol. The van der Waals surface area contributed by atoms with Crippen LogP contribution in [0.4, 0.5) is 21.9 Å². The van der Waals surface area contributed by atoms with Crippen LogP contribution in [-0.4, -0.2) is 61.9 Å². The first-order valence-corrected chi connectivity index (χ1v) is 9.40. The van der Waals surface area contributed by atoms with E-state index in [0.717, 1.165) is 17.1 Å². The Kier molecular flexibility index (Phi) is 6.95. The quantitative estimate of drug-likeness (QED) is 0.244. The second kappa shape index (κ2) is 10.0. The Morgan fingerprint density at radius 2 is 1.41 bits per heavy atom. The van der Waals surface area contributed by atoms with Crippen molar-refractivity contribution in [2.75, 3.05) is 26.2 Å². The first-order valence-electron chi connectivity index (χ1n) is 9.40. The summed E-state index contributed by atoms with van der Waals surface area (Å²) in [5.74, 6) is -0.363. The number of carbonyl (C=O) groups is 1. The molecule has 178 valence electrons. The third-order valence-corrected chi connectivity index (χ3v) is 4.57. The van der Waals surface area contributed by atoms with Gasteiger partial charge in [-0.3, -0.25) is 35.2 Å². The van der Waals surface area contributed by atoms with Crippen molar-refractivity contribution in [3.63, 3.8) is 0 Å². The van der Waals surface area contributed by atoms with Crippen LogP contribution in [0.2, 0.25) is 0 Å². The van der Waals surface area contributed by atoms with Gasteiger partial charge in [-0.25, -0.2) is 4.79 Å². The van der Waals surface area contributed by atoms with Crippen LogP contribution in [0.25, 0.3) is 0 Å². The van der Waals surface area contributed by atoms with Gasteiger partial charge in [0.25, 0.3) is 11.4 Å². The molecule has 2 aromatic rings. The topological polar surface area (TPSA) is 210 Å². The Hall–Kier alpha value is -5.09. The second-order valence-corrected chi connectivity index (χ2v) is 6.65. The summed E-state index contributed by atoms with van der Waals surface area (Å²) < 4.78 is 5.15. The van der Waals surface area contributed by atoms with Crippen molar-refractivity contribution >= 4 is 23.2 Å². The number of benzene rings is 2. The molecule has 2 aromatic carbocycles. The van der Waals surface area contributed by atoms with Crippen molar-refractivity contribution in [2.45, 2.75) is 0 Å². The molecule has 0 atom stereocenters. The molecule has 0 bridgehead atoms. The summed E-state index contributed by atoms with van der Waals surface area (Å²) in [6.07, 6.45) is -0.722. The van der Waals surface area contributed by atoms with E-state index in [1.807, 2.05) is 0 Å². The fraction of sp³-hybridized carbons (Fsp3) is 0.235. The molecule has 1 fully saturated rings. The van der Waals surface area contributed by atoms with E-state index in [0.29, 0.717) is 6.07 Å². The molecule has 0 N–H and O–H groups in total. The third kappa shape index (κ3) is 5.58. The molecule has 1 heterocycles. The number of non-ortho nitro benzene ring substituents is 2. The molecular weight excluding hydrogens is 462 g/mol. The summed E-state index contributed by atoms with van der Waals surface area (Å²) in [4.78, 5) is 48.6. The highest BCUT2D eigenvalue weighted by molar-refractivity contribution is 5.71. The molecule has 1 aliphatic rings. The van der Waals surface area contributed by atoms with Gasteiger partial charge in [-0.15, -0.1) is 5.01 Å². The van der Waals surface area contributed by atoms with E-state index in [-0.39, 0.29) is 42.6 Å². The number of nitro groups is 3. The number of ether oxygens (including phenoxy) is 1. The lowest BCUT2D eigenvalue weighted by atomic mass is 10.2. The number of hydrogen-bond acceptors (Lipinski definition) is 11. The minimum atomic E-state index is -0.914. The maximum Gasteiger partial charge on any atom is 0.415 e. The fourth-order valence-electron chi connectivity index (χ4n) is 2.82. The van der Waals surface area contributed by atoms with Crippen molar-refractivity contribution < 1.29 is 34.1 Å². The zero-order chi connectivity index (χ0) is 24.8. The summed E-state index contributed by atoms with van der Waals surface area (Å²) >= 11 is 0. The molecular formula is C17H15N7O10. The Balaban J connectivity index is 1.56. The number of nitro benzene ring substituents is 3. The van der Waals surface area contributed by atoms with E-state index in [1.54, 1.807) is 0 Å². The highest BCUT2D eigenvalue weighted by Crippen LogP contribution is 2.31. The Bertz CT molecular complexity index is 1150. The zero-order valence-corrected chi connectivity index (χ0v) is 17.1. The molecule has 3 rings (SSSR count). The van der Waals surface area contributed by atoms with Crippen LogP contribution in [0.5, 0.6) is 11.5 Å². The van der Waals surface area contributed by atoms with Crippen LogP contribution in [0, 0.1) is 35.6 Å². The normalized spacial score (nSPS) is 13.8. The van der Waals surface area contributed by atoms with Gasteiger partial charge in [0.15, 0.2) is 0 Å². The van der Waals surface area contributed by atoms with E-state index in [4.69, 9.17) is 9.57 Å². The SMILES string of the molecule is O=C(Oc1ccc([N+](=O)[O-])cc1)N1CCN(/[N+]([O-])=N/Oc2ccc([N+](=O)[O-])cc2[N+](=O)[O-])CC1. The van der Waals surface area contributed by atoms with Gasteiger partial charge in [-0.05, 0) is 18.2 Å². The van der Waals surface area contributed by atoms with Crippen LogP contribution in [0.3, 0.4) is 0 Å². The highest BCUT2D eigenvalue weighted by Gasteiger charge is 2.28. The molecule has 34 heavy (non-hydrogen) atoms. The average Bonchev–Trinajstić information content (AvgIpc) is 2.82. The maximum absolute atomic E-state index is 12.2. The lowest BCUT2D eigenvalue weighted by molar-refractivity contribution is -0.708. The van der Waals surface area contributed by atoms with Crippen molar-refractivity contribution in [1.29, 1.82) is 0 Å². The number of amides is 1. The van der Waals surface area contributed by atoms with Crippen LogP contribution >= 0.6 is 0 Å². The van der Waals surface area contributed by atoms with Crippen LogP contribution < -0.4 is 9.57 Å². The molecule has 0 spiro atoms. The molecule has 0 radical (unpaired) electrons. The van der Waals surface area contributed by atoms with Crippen molar-refractivity contribution in [1.82, 2.24) is 9.91 Å². The Morgan fingerprint density at radius 3 is 1.97 bits per heavy atom. The largest absolute Gasteiger partial charge is 0.569 e. The molecule has 0 aliphatic carbocycles. The number of rotatable bonds is 7. The average molecular weight is 477 g/mol. The van der Waals surface area contributed by atoms with Gasteiger partial charge in [-0.1, -0.05) is 0 Å². The number of carbonyl (C=O) groups excluding carboxylic acids is 1. The van der Waals surface area contributed by atoms with Gasteiger partial charge in [0.05, 0.1) is 38.9 Å². The molecule has 0 aromatic heterocycles. The lowest BCUT2D eigenvalue weighted by Crippen LogP contribution is -2.51. The molecule has 1 aliphatic heterocycles. The molecule has 0 saturated carbocycles. The van der Waals surface area contributed by atoms with Crippen molar-refractivity contribution in [3.8, 4) is 11.5 Å². The van der Waals surface area contributed by atoms with Gasteiger partial charge < -0.3 is 14.8 Å². The summed E-state index contributed by atoms with van der Waals surface area (Å²) in [6.45, 7) is 0.178. The summed E-state index contributed by atoms with van der Waals surface area (Å²) in [5.41, 5.74) is -1.44. The van der Waals surface area contributed by atoms with Gasteiger partial charge in [0, 0.05) is 31.3 Å².